The first-order chi connectivity index (χ1) is 16.8. The Morgan fingerprint density at radius 1 is 0.444 bits per heavy atom. The van der Waals surface area contributed by atoms with E-state index < -0.39 is 45.7 Å². The molecule has 0 fully saturated rings. The minimum atomic E-state index is -4.62. The summed E-state index contributed by atoms with van der Waals surface area (Å²) in [6.45, 7) is 0. The second-order valence-electron chi connectivity index (χ2n) is 7.92. The smallest absolute Gasteiger partial charge is 0.268 e. The molecule has 5 aromatic rings. The van der Waals surface area contributed by atoms with Crippen molar-refractivity contribution >= 4 is 21.5 Å². The fourth-order valence-electron chi connectivity index (χ4n) is 4.04. The first kappa shape index (κ1) is 23.3. The van der Waals surface area contributed by atoms with Gasteiger partial charge in [-0.15, -0.1) is 0 Å². The first-order valence-electron chi connectivity index (χ1n) is 10.1. The number of fused-ring (bicyclic) bond motifs is 2. The summed E-state index contributed by atoms with van der Waals surface area (Å²) in [5, 5.41) is -0.966. The van der Waals surface area contributed by atoms with Gasteiger partial charge in [0.2, 0.25) is 0 Å². The Bertz CT molecular complexity index is 1660. The van der Waals surface area contributed by atoms with Crippen molar-refractivity contribution in [1.82, 2.24) is 9.13 Å². The summed E-state index contributed by atoms with van der Waals surface area (Å²) in [5.74, 6) is 0. The highest BCUT2D eigenvalue weighted by Gasteiger charge is 2.31. The summed E-state index contributed by atoms with van der Waals surface area (Å²) in [7, 11) is 0. The maximum atomic E-state index is 12.9. The van der Waals surface area contributed by atoms with Crippen LogP contribution in [0.4, 0.5) is 26.3 Å². The van der Waals surface area contributed by atoms with Crippen LogP contribution in [-0.4, -0.2) is 9.13 Å². The lowest BCUT2D eigenvalue weighted by atomic mass is 10.1. The van der Waals surface area contributed by atoms with Gasteiger partial charge in [0.1, 0.15) is 0 Å². The van der Waals surface area contributed by atoms with E-state index in [1.807, 2.05) is 0 Å². The van der Waals surface area contributed by atoms with Crippen molar-refractivity contribution in [2.45, 2.75) is 12.4 Å². The molecule has 182 valence electrons. The zero-order chi connectivity index (χ0) is 26.2. The number of hydrogen-bond acceptors (Lipinski definition) is 4. The molecule has 0 N–H and O–H groups in total. The molecule has 12 heteroatoms. The Labute approximate surface area is 194 Å². The van der Waals surface area contributed by atoms with Crippen LogP contribution in [0.25, 0.3) is 32.9 Å². The molecule has 0 amide bonds. The molecular weight excluding hydrogens is 494 g/mol. The van der Waals surface area contributed by atoms with E-state index in [1.54, 1.807) is 0 Å². The molecule has 0 saturated heterocycles. The van der Waals surface area contributed by atoms with Gasteiger partial charge in [0.15, 0.2) is 0 Å². The van der Waals surface area contributed by atoms with E-state index in [2.05, 4.69) is 0 Å². The average molecular weight is 504 g/mol. The third-order valence-electron chi connectivity index (χ3n) is 5.80. The second-order valence-corrected chi connectivity index (χ2v) is 7.92. The number of alkyl halides is 6. The third-order valence-corrected chi connectivity index (χ3v) is 5.80. The molecule has 0 aliphatic heterocycles. The summed E-state index contributed by atoms with van der Waals surface area (Å²) in [6.07, 6.45) is -9.25. The van der Waals surface area contributed by atoms with Crippen LogP contribution in [0.15, 0.2) is 79.8 Å². The Morgan fingerprint density at radius 2 is 0.694 bits per heavy atom. The van der Waals surface area contributed by atoms with E-state index in [0.717, 1.165) is 36.4 Å². The zero-order valence-corrected chi connectivity index (χ0v) is 17.6. The number of halogens is 6. The van der Waals surface area contributed by atoms with Crippen molar-refractivity contribution in [2.24, 2.45) is 0 Å². The molecule has 0 bridgehead atoms. The number of rotatable bonds is 2. The van der Waals surface area contributed by atoms with Gasteiger partial charge in [0, 0.05) is 0 Å². The molecule has 0 unspecified atom stereocenters. The minimum absolute atomic E-state index is 0.140. The van der Waals surface area contributed by atoms with Crippen LogP contribution in [0.3, 0.4) is 0 Å². The van der Waals surface area contributed by atoms with Gasteiger partial charge in [-0.25, -0.2) is 9.13 Å². The van der Waals surface area contributed by atoms with Gasteiger partial charge < -0.3 is 0 Å². The molecule has 0 atom stereocenters. The molecule has 0 saturated carbocycles. The van der Waals surface area contributed by atoms with Gasteiger partial charge in [0.05, 0.1) is 44.0 Å². The molecule has 5 rings (SSSR count). The van der Waals surface area contributed by atoms with E-state index in [4.69, 9.17) is 0 Å². The lowest BCUT2D eigenvalue weighted by molar-refractivity contribution is -0.138. The standard InChI is InChI=1S/C24H10F6N2O4/c25-23(26,27)11-1-5-13(6-2-11)31-19(33)15-9-17-18(10-16(15)20(31)34)22(36)32(21(17)35)14-7-3-12(4-8-14)24(28,29)30/h1-10H. The predicted molar refractivity (Wildman–Crippen MR) is 118 cm³/mol. The fraction of sp³-hybridized carbons (Fsp3) is 0.0833. The van der Waals surface area contributed by atoms with Crippen molar-refractivity contribution in [3.05, 3.63) is 113 Å². The maximum absolute atomic E-state index is 12.9. The van der Waals surface area contributed by atoms with Crippen LogP contribution in [0.1, 0.15) is 11.1 Å². The monoisotopic (exact) mass is 504 g/mol. The second kappa shape index (κ2) is 7.51. The maximum Gasteiger partial charge on any atom is 0.416 e. The largest absolute Gasteiger partial charge is 0.416 e. The van der Waals surface area contributed by atoms with Crippen molar-refractivity contribution in [3.8, 4) is 11.4 Å². The van der Waals surface area contributed by atoms with Crippen LogP contribution < -0.4 is 22.2 Å². The van der Waals surface area contributed by atoms with Crippen LogP contribution in [0, 0.1) is 0 Å². The van der Waals surface area contributed by atoms with Gasteiger partial charge in [-0.3, -0.25) is 19.2 Å². The highest BCUT2D eigenvalue weighted by molar-refractivity contribution is 5.98. The highest BCUT2D eigenvalue weighted by Crippen LogP contribution is 2.30. The number of hydrogen-bond donors (Lipinski definition) is 0. The summed E-state index contributed by atoms with van der Waals surface area (Å²) in [4.78, 5) is 51.7. The van der Waals surface area contributed by atoms with Crippen molar-refractivity contribution < 1.29 is 26.3 Å². The lowest BCUT2D eigenvalue weighted by Gasteiger charge is -2.07. The SMILES string of the molecule is O=c1c2cc3c(=O)n(-c4ccc(C(F)(F)F)cc4)c(=O)c3cc2c(=O)n1-c1ccc(C(F)(F)F)cc1. The lowest BCUT2D eigenvalue weighted by Crippen LogP contribution is -2.24. The van der Waals surface area contributed by atoms with Crippen LogP contribution in [0.5, 0.6) is 0 Å². The highest BCUT2D eigenvalue weighted by atomic mass is 19.4. The molecule has 0 spiro atoms. The molecule has 36 heavy (non-hydrogen) atoms. The number of benzene rings is 3. The van der Waals surface area contributed by atoms with Crippen LogP contribution in [-0.2, 0) is 12.4 Å². The molecule has 6 nitrogen and oxygen atoms in total. The summed E-state index contributed by atoms with van der Waals surface area (Å²) >= 11 is 0. The topological polar surface area (TPSA) is 78.1 Å². The van der Waals surface area contributed by atoms with Gasteiger partial charge in [-0.05, 0) is 60.7 Å². The number of aromatic nitrogens is 2. The quantitative estimate of drug-likeness (QED) is 0.342. The number of nitrogens with zero attached hydrogens (tertiary/aromatic N) is 2. The molecule has 2 heterocycles. The van der Waals surface area contributed by atoms with Crippen molar-refractivity contribution in [3.63, 3.8) is 0 Å². The van der Waals surface area contributed by atoms with Gasteiger partial charge in [-0.1, -0.05) is 0 Å². The van der Waals surface area contributed by atoms with Gasteiger partial charge in [-0.2, -0.15) is 26.3 Å². The minimum Gasteiger partial charge on any atom is -0.268 e. The Kier molecular flexibility index (Phi) is 4.85. The molecule has 3 aromatic carbocycles. The normalized spacial score (nSPS) is 12.6. The van der Waals surface area contributed by atoms with Crippen LogP contribution in [0.2, 0.25) is 0 Å². The van der Waals surface area contributed by atoms with E-state index in [0.29, 0.717) is 33.4 Å². The molecular formula is C24H10F6N2O4. The summed E-state index contributed by atoms with van der Waals surface area (Å²) < 4.78 is 78.3. The van der Waals surface area contributed by atoms with Crippen molar-refractivity contribution in [1.29, 1.82) is 0 Å². The molecule has 0 aliphatic rings. The molecule has 0 radical (unpaired) electrons. The van der Waals surface area contributed by atoms with E-state index in [1.165, 1.54) is 0 Å². The van der Waals surface area contributed by atoms with Crippen LogP contribution >= 0.6 is 0 Å². The zero-order valence-electron chi connectivity index (χ0n) is 17.6. The van der Waals surface area contributed by atoms with Gasteiger partial charge in [0.25, 0.3) is 22.2 Å². The Hall–Kier alpha value is -4.48. The predicted octanol–water partition coefficient (Wildman–Crippen LogP) is 3.93. The fourth-order valence-corrected chi connectivity index (χ4v) is 4.04. The van der Waals surface area contributed by atoms with Gasteiger partial charge >= 0.3 is 12.4 Å². The van der Waals surface area contributed by atoms with E-state index in [-0.39, 0.29) is 32.9 Å². The first-order valence-corrected chi connectivity index (χ1v) is 10.1. The average Bonchev–Trinajstić information content (AvgIpc) is 3.21. The van der Waals surface area contributed by atoms with E-state index >= 15 is 0 Å². The molecule has 0 aliphatic carbocycles. The Morgan fingerprint density at radius 3 is 0.917 bits per heavy atom. The third kappa shape index (κ3) is 3.44. The molecule has 2 aromatic heterocycles. The summed E-state index contributed by atoms with van der Waals surface area (Å²) in [5.41, 5.74) is -5.90. The summed E-state index contributed by atoms with van der Waals surface area (Å²) in [6, 6.07) is 8.64. The van der Waals surface area contributed by atoms with Crippen molar-refractivity contribution in [2.75, 3.05) is 0 Å². The Balaban J connectivity index is 1.69. The van der Waals surface area contributed by atoms with E-state index in [9.17, 15) is 45.5 Å².